The topological polar surface area (TPSA) is 105 Å². The number of carbonyl (C=O) groups is 1. The first-order valence-corrected chi connectivity index (χ1v) is 12.7. The van der Waals surface area contributed by atoms with Crippen LogP contribution in [-0.2, 0) is 10.2 Å². The fourth-order valence-corrected chi connectivity index (χ4v) is 5.45. The number of nitrogens with one attached hydrogen (secondary N) is 2. The number of benzene rings is 2. The van der Waals surface area contributed by atoms with Crippen molar-refractivity contribution in [3.63, 3.8) is 0 Å². The van der Waals surface area contributed by atoms with Gasteiger partial charge in [-0.25, -0.2) is 8.78 Å². The fourth-order valence-electron chi connectivity index (χ4n) is 5.10. The zero-order valence-electron chi connectivity index (χ0n) is 20.9. The van der Waals surface area contributed by atoms with E-state index in [1.165, 1.54) is 0 Å². The van der Waals surface area contributed by atoms with Crippen LogP contribution < -0.4 is 10.6 Å². The van der Waals surface area contributed by atoms with Crippen molar-refractivity contribution in [1.29, 1.82) is 5.26 Å². The highest BCUT2D eigenvalue weighted by atomic mass is 35.5. The van der Waals surface area contributed by atoms with Gasteiger partial charge in [-0.15, -0.1) is 0 Å². The lowest BCUT2D eigenvalue weighted by Gasteiger charge is -2.37. The standard InChI is InChI=1S/C27H31Cl2F2N3O3/c1-26(2,3)12-22-27(14-32,18-10-21(31)19(29)11-20(18)30)23(15-5-4-6-16(28)9-15)24(34-22)25(37)33-8-7-17(36)13-35/h4-6,9-11,17,22-24,34-36H,7-8,12-13H2,1-3H3,(H,33,37)/t17-,22-,23-,24+,27-/m0/s1. The number of nitriles is 1. The van der Waals surface area contributed by atoms with Gasteiger partial charge in [0.25, 0.3) is 0 Å². The lowest BCUT2D eigenvalue weighted by Crippen LogP contribution is -2.46. The van der Waals surface area contributed by atoms with Gasteiger partial charge in [-0.3, -0.25) is 4.79 Å². The number of amides is 1. The van der Waals surface area contributed by atoms with Crippen molar-refractivity contribution in [2.24, 2.45) is 5.41 Å². The van der Waals surface area contributed by atoms with Crippen LogP contribution in [0.1, 0.15) is 50.7 Å². The first-order chi connectivity index (χ1) is 17.3. The maximum atomic E-state index is 15.5. The molecule has 200 valence electrons. The van der Waals surface area contributed by atoms with Crippen molar-refractivity contribution in [3.05, 3.63) is 69.2 Å². The summed E-state index contributed by atoms with van der Waals surface area (Å²) in [4.78, 5) is 13.5. The van der Waals surface area contributed by atoms with E-state index in [0.29, 0.717) is 17.0 Å². The molecular weight excluding hydrogens is 523 g/mol. The maximum absolute atomic E-state index is 15.5. The van der Waals surface area contributed by atoms with Gasteiger partial charge in [0, 0.05) is 29.1 Å². The number of aliphatic hydroxyl groups is 2. The molecule has 0 bridgehead atoms. The van der Waals surface area contributed by atoms with E-state index in [1.54, 1.807) is 24.3 Å². The molecule has 0 spiro atoms. The number of halogens is 4. The molecule has 1 aliphatic heterocycles. The number of rotatable bonds is 8. The summed E-state index contributed by atoms with van der Waals surface area (Å²) in [6.07, 6.45) is -0.532. The summed E-state index contributed by atoms with van der Waals surface area (Å²) >= 11 is 12.1. The zero-order valence-corrected chi connectivity index (χ0v) is 22.4. The summed E-state index contributed by atoms with van der Waals surface area (Å²) in [5.41, 5.74) is -1.76. The lowest BCUT2D eigenvalue weighted by molar-refractivity contribution is -0.123. The van der Waals surface area contributed by atoms with Crippen molar-refractivity contribution in [1.82, 2.24) is 10.6 Å². The summed E-state index contributed by atoms with van der Waals surface area (Å²) in [5, 5.41) is 35.4. The Bertz CT molecular complexity index is 1180. The number of hydrogen-bond donors (Lipinski definition) is 4. The second-order valence-electron chi connectivity index (χ2n) is 10.6. The summed E-state index contributed by atoms with van der Waals surface area (Å²) < 4.78 is 30.3. The van der Waals surface area contributed by atoms with Gasteiger partial charge in [0.15, 0.2) is 0 Å². The van der Waals surface area contributed by atoms with Crippen LogP contribution in [0.4, 0.5) is 8.78 Å². The van der Waals surface area contributed by atoms with Crippen molar-refractivity contribution < 1.29 is 23.8 Å². The lowest BCUT2D eigenvalue weighted by atomic mass is 9.62. The Balaban J connectivity index is 2.23. The smallest absolute Gasteiger partial charge is 0.237 e. The van der Waals surface area contributed by atoms with Gasteiger partial charge in [0.05, 0.1) is 29.8 Å². The van der Waals surface area contributed by atoms with E-state index in [4.69, 9.17) is 28.3 Å². The van der Waals surface area contributed by atoms with Crippen molar-refractivity contribution in [2.45, 2.75) is 63.1 Å². The Labute approximate surface area is 225 Å². The van der Waals surface area contributed by atoms with E-state index < -0.39 is 58.7 Å². The molecule has 0 unspecified atom stereocenters. The van der Waals surface area contributed by atoms with E-state index in [-0.39, 0.29) is 23.9 Å². The Kier molecular flexibility index (Phi) is 9.20. The van der Waals surface area contributed by atoms with Gasteiger partial charge in [-0.05, 0) is 48.1 Å². The van der Waals surface area contributed by atoms with Crippen LogP contribution in [0.3, 0.4) is 0 Å². The highest BCUT2D eigenvalue weighted by Gasteiger charge is 2.60. The van der Waals surface area contributed by atoms with E-state index in [0.717, 1.165) is 12.1 Å². The summed E-state index contributed by atoms with van der Waals surface area (Å²) in [5.74, 6) is -3.17. The molecule has 1 aliphatic rings. The largest absolute Gasteiger partial charge is 0.394 e. The molecule has 10 heteroatoms. The van der Waals surface area contributed by atoms with Gasteiger partial charge in [-0.1, -0.05) is 56.1 Å². The first kappa shape index (κ1) is 29.3. The molecule has 37 heavy (non-hydrogen) atoms. The van der Waals surface area contributed by atoms with Crippen molar-refractivity contribution in [3.8, 4) is 6.07 Å². The molecule has 2 aromatic carbocycles. The normalized spacial score (nSPS) is 24.5. The minimum absolute atomic E-state index is 0.0639. The fraction of sp³-hybridized carbons (Fsp3) is 0.481. The minimum Gasteiger partial charge on any atom is -0.394 e. The molecule has 1 amide bonds. The zero-order chi connectivity index (χ0) is 27.5. The Morgan fingerprint density at radius 2 is 1.95 bits per heavy atom. The first-order valence-electron chi connectivity index (χ1n) is 12.0. The van der Waals surface area contributed by atoms with Crippen LogP contribution >= 0.6 is 23.2 Å². The molecule has 0 saturated carbocycles. The average Bonchev–Trinajstić information content (AvgIpc) is 3.14. The molecule has 1 saturated heterocycles. The molecule has 4 N–H and O–H groups in total. The Morgan fingerprint density at radius 3 is 2.54 bits per heavy atom. The van der Waals surface area contributed by atoms with Crippen LogP contribution in [0.15, 0.2) is 36.4 Å². The molecule has 0 aliphatic carbocycles. The van der Waals surface area contributed by atoms with Gasteiger partial charge < -0.3 is 20.8 Å². The minimum atomic E-state index is -1.71. The van der Waals surface area contributed by atoms with Crippen LogP contribution in [0, 0.1) is 28.4 Å². The number of nitrogens with zero attached hydrogens (tertiary/aromatic N) is 1. The molecule has 6 nitrogen and oxygen atoms in total. The molecule has 3 rings (SSSR count). The van der Waals surface area contributed by atoms with E-state index in [9.17, 15) is 19.6 Å². The van der Waals surface area contributed by atoms with Gasteiger partial charge in [-0.2, -0.15) is 5.26 Å². The monoisotopic (exact) mass is 553 g/mol. The molecule has 1 fully saturated rings. The van der Waals surface area contributed by atoms with E-state index >= 15 is 4.39 Å². The van der Waals surface area contributed by atoms with Crippen molar-refractivity contribution >= 4 is 29.1 Å². The van der Waals surface area contributed by atoms with Gasteiger partial charge in [0.1, 0.15) is 17.0 Å². The highest BCUT2D eigenvalue weighted by molar-refractivity contribution is 6.31. The summed E-state index contributed by atoms with van der Waals surface area (Å²) in [7, 11) is 0. The van der Waals surface area contributed by atoms with Crippen molar-refractivity contribution in [2.75, 3.05) is 13.2 Å². The van der Waals surface area contributed by atoms with Gasteiger partial charge >= 0.3 is 0 Å². The maximum Gasteiger partial charge on any atom is 0.237 e. The van der Waals surface area contributed by atoms with Crippen LogP contribution in [0.25, 0.3) is 0 Å². The average molecular weight is 554 g/mol. The predicted octanol–water partition coefficient (Wildman–Crippen LogP) is 4.45. The van der Waals surface area contributed by atoms with E-state index in [1.807, 2.05) is 20.8 Å². The molecule has 2 aromatic rings. The van der Waals surface area contributed by atoms with E-state index in [2.05, 4.69) is 16.7 Å². The number of aliphatic hydroxyl groups excluding tert-OH is 2. The van der Waals surface area contributed by atoms with Crippen LogP contribution in [0.2, 0.25) is 10.0 Å². The highest BCUT2D eigenvalue weighted by Crippen LogP contribution is 2.52. The van der Waals surface area contributed by atoms with Gasteiger partial charge in [0.2, 0.25) is 5.91 Å². The third kappa shape index (κ3) is 6.24. The summed E-state index contributed by atoms with van der Waals surface area (Å²) in [6, 6.07) is 8.91. The molecular formula is C27H31Cl2F2N3O3. The Hall–Kier alpha value is -2.28. The predicted molar refractivity (Wildman–Crippen MR) is 138 cm³/mol. The molecule has 0 aromatic heterocycles. The molecule has 0 radical (unpaired) electrons. The third-order valence-electron chi connectivity index (χ3n) is 6.69. The number of carbonyl (C=O) groups excluding carboxylic acids is 1. The molecule has 5 atom stereocenters. The molecule has 1 heterocycles. The SMILES string of the molecule is CC(C)(C)C[C@@H]1N[C@@H](C(=O)NCC[C@H](O)CO)[C@H](c2cccc(Cl)c2)[C@@]1(C#N)c1cc(F)c(Cl)cc1F. The Morgan fingerprint density at radius 1 is 1.24 bits per heavy atom. The second kappa shape index (κ2) is 11.6. The number of hydrogen-bond acceptors (Lipinski definition) is 5. The second-order valence-corrected chi connectivity index (χ2v) is 11.5. The van der Waals surface area contributed by atoms with Crippen LogP contribution in [-0.4, -0.2) is 47.5 Å². The van der Waals surface area contributed by atoms with Crippen LogP contribution in [0.5, 0.6) is 0 Å². The third-order valence-corrected chi connectivity index (χ3v) is 7.21. The summed E-state index contributed by atoms with van der Waals surface area (Å²) in [6.45, 7) is 5.47. The quantitative estimate of drug-likeness (QED) is 0.361.